The van der Waals surface area contributed by atoms with E-state index in [1.165, 1.54) is 6.07 Å². The van der Waals surface area contributed by atoms with Gasteiger partial charge in [0.2, 0.25) is 5.91 Å². The summed E-state index contributed by atoms with van der Waals surface area (Å²) in [5, 5.41) is 11.7. The molecular weight excluding hydrogens is 277 g/mol. The number of rotatable bonds is 6. The molecule has 2 rings (SSSR count). The van der Waals surface area contributed by atoms with Crippen molar-refractivity contribution in [1.29, 1.82) is 0 Å². The molecule has 2 N–H and O–H groups in total. The lowest BCUT2D eigenvalue weighted by atomic mass is 10.1. The second-order valence-corrected chi connectivity index (χ2v) is 5.50. The summed E-state index contributed by atoms with van der Waals surface area (Å²) >= 11 is 0.935. The predicted octanol–water partition coefficient (Wildman–Crippen LogP) is 2.67. The van der Waals surface area contributed by atoms with Crippen LogP contribution in [0.25, 0.3) is 0 Å². The molecule has 106 valence electrons. The maximum Gasteiger partial charge on any atom is 0.220 e. The van der Waals surface area contributed by atoms with Crippen LogP contribution < -0.4 is 5.32 Å². The fraction of sp³-hybridized carbons (Fsp3) is 0.267. The summed E-state index contributed by atoms with van der Waals surface area (Å²) in [5.41, 5.74) is 1.09. The Kier molecular flexibility index (Phi) is 5.26. The molecule has 2 aromatic rings. The molecule has 1 atom stereocenters. The Bertz CT molecular complexity index is 556. The van der Waals surface area contributed by atoms with Gasteiger partial charge in [0, 0.05) is 11.3 Å². The normalized spacial score (nSPS) is 12.1. The van der Waals surface area contributed by atoms with E-state index in [0.29, 0.717) is 17.7 Å². The Hall–Kier alpha value is -1.72. The van der Waals surface area contributed by atoms with Gasteiger partial charge in [0.05, 0.1) is 12.6 Å². The van der Waals surface area contributed by atoms with Gasteiger partial charge >= 0.3 is 0 Å². The summed E-state index contributed by atoms with van der Waals surface area (Å²) in [6.45, 7) is -0.239. The van der Waals surface area contributed by atoms with E-state index in [4.69, 9.17) is 0 Å². The van der Waals surface area contributed by atoms with E-state index >= 15 is 0 Å². The zero-order chi connectivity index (χ0) is 14.4. The molecule has 0 aliphatic carbocycles. The molecule has 1 unspecified atom stereocenters. The molecule has 0 spiro atoms. The maximum atomic E-state index is 13.0. The summed E-state index contributed by atoms with van der Waals surface area (Å²) < 4.78 is 13.0. The van der Waals surface area contributed by atoms with E-state index < -0.39 is 6.04 Å². The number of nitrogens with one attached hydrogen (secondary N) is 1. The van der Waals surface area contributed by atoms with E-state index in [1.54, 1.807) is 6.07 Å². The van der Waals surface area contributed by atoms with Crippen molar-refractivity contribution in [3.63, 3.8) is 0 Å². The van der Waals surface area contributed by atoms with Crippen molar-refractivity contribution >= 4 is 17.2 Å². The van der Waals surface area contributed by atoms with Crippen LogP contribution in [0.1, 0.15) is 22.9 Å². The van der Waals surface area contributed by atoms with E-state index in [1.807, 2.05) is 30.3 Å². The van der Waals surface area contributed by atoms with Gasteiger partial charge in [0.1, 0.15) is 0 Å². The quantitative estimate of drug-likeness (QED) is 0.860. The van der Waals surface area contributed by atoms with Gasteiger partial charge in [-0.15, -0.1) is 11.3 Å². The molecule has 20 heavy (non-hydrogen) atoms. The topological polar surface area (TPSA) is 49.3 Å². The number of hydrogen-bond acceptors (Lipinski definition) is 3. The minimum absolute atomic E-state index is 0.151. The van der Waals surface area contributed by atoms with Crippen molar-refractivity contribution in [3.8, 4) is 0 Å². The van der Waals surface area contributed by atoms with Crippen molar-refractivity contribution in [2.75, 3.05) is 6.61 Å². The van der Waals surface area contributed by atoms with Gasteiger partial charge in [-0.3, -0.25) is 4.79 Å². The molecule has 1 heterocycles. The van der Waals surface area contributed by atoms with Gasteiger partial charge in [-0.1, -0.05) is 30.3 Å². The second kappa shape index (κ2) is 7.17. The summed E-state index contributed by atoms with van der Waals surface area (Å²) in [5.74, 6) is -0.151. The average Bonchev–Trinajstić information content (AvgIpc) is 2.90. The van der Waals surface area contributed by atoms with Gasteiger partial charge in [-0.2, -0.15) is 4.39 Å². The van der Waals surface area contributed by atoms with Gasteiger partial charge in [-0.25, -0.2) is 0 Å². The molecular formula is C15H16FNO2S. The second-order valence-electron chi connectivity index (χ2n) is 4.43. The number of hydrogen-bond donors (Lipinski definition) is 2. The van der Waals surface area contributed by atoms with Crippen molar-refractivity contribution < 1.29 is 14.3 Å². The molecule has 0 radical (unpaired) electrons. The molecule has 0 bridgehead atoms. The highest BCUT2D eigenvalue weighted by atomic mass is 32.1. The SMILES string of the molecule is O=C(CCc1ccccc1)NC(CO)c1ccc(F)s1. The Morgan fingerprint density at radius 3 is 2.60 bits per heavy atom. The largest absolute Gasteiger partial charge is 0.394 e. The first-order valence-electron chi connectivity index (χ1n) is 6.38. The highest BCUT2D eigenvalue weighted by Gasteiger charge is 2.15. The van der Waals surface area contributed by atoms with Crippen LogP contribution in [0.15, 0.2) is 42.5 Å². The average molecular weight is 293 g/mol. The third kappa shape index (κ3) is 4.15. The smallest absolute Gasteiger partial charge is 0.220 e. The van der Waals surface area contributed by atoms with Gasteiger partial charge in [0.15, 0.2) is 5.13 Å². The van der Waals surface area contributed by atoms with E-state index in [2.05, 4.69) is 5.32 Å². The van der Waals surface area contributed by atoms with Crippen LogP contribution in [0.2, 0.25) is 0 Å². The van der Waals surface area contributed by atoms with E-state index in [9.17, 15) is 14.3 Å². The van der Waals surface area contributed by atoms with Crippen LogP contribution in [-0.4, -0.2) is 17.6 Å². The van der Waals surface area contributed by atoms with Crippen molar-refractivity contribution in [2.45, 2.75) is 18.9 Å². The number of aliphatic hydroxyl groups is 1. The summed E-state index contributed by atoms with van der Waals surface area (Å²) in [4.78, 5) is 12.5. The number of benzene rings is 1. The first-order valence-corrected chi connectivity index (χ1v) is 7.20. The summed E-state index contributed by atoms with van der Waals surface area (Å²) in [6, 6.07) is 12.1. The fourth-order valence-corrected chi connectivity index (χ4v) is 2.66. The van der Waals surface area contributed by atoms with E-state index in [-0.39, 0.29) is 17.6 Å². The number of carbonyl (C=O) groups is 1. The number of amides is 1. The summed E-state index contributed by atoms with van der Waals surface area (Å²) in [7, 11) is 0. The molecule has 1 aromatic heterocycles. The van der Waals surface area contributed by atoms with Crippen molar-refractivity contribution in [3.05, 3.63) is 58.0 Å². The highest BCUT2D eigenvalue weighted by Crippen LogP contribution is 2.22. The third-order valence-electron chi connectivity index (χ3n) is 2.94. The maximum absolute atomic E-state index is 13.0. The molecule has 0 fully saturated rings. The Balaban J connectivity index is 1.86. The monoisotopic (exact) mass is 293 g/mol. The number of aryl methyl sites for hydroxylation is 1. The minimum atomic E-state index is -0.534. The molecule has 0 aliphatic rings. The van der Waals surface area contributed by atoms with Crippen LogP contribution >= 0.6 is 11.3 Å². The molecule has 0 aliphatic heterocycles. The number of halogens is 1. The number of carbonyl (C=O) groups excluding carboxylic acids is 1. The molecule has 0 saturated heterocycles. The molecule has 0 saturated carbocycles. The number of thiophene rings is 1. The molecule has 3 nitrogen and oxygen atoms in total. The van der Waals surface area contributed by atoms with Crippen LogP contribution in [0.3, 0.4) is 0 Å². The molecule has 5 heteroatoms. The lowest BCUT2D eigenvalue weighted by Gasteiger charge is -2.14. The lowest BCUT2D eigenvalue weighted by molar-refractivity contribution is -0.122. The van der Waals surface area contributed by atoms with E-state index in [0.717, 1.165) is 16.9 Å². The third-order valence-corrected chi connectivity index (χ3v) is 3.93. The van der Waals surface area contributed by atoms with Crippen LogP contribution in [-0.2, 0) is 11.2 Å². The zero-order valence-electron chi connectivity index (χ0n) is 10.9. The first kappa shape index (κ1) is 14.7. The van der Waals surface area contributed by atoms with Gasteiger partial charge in [-0.05, 0) is 24.1 Å². The van der Waals surface area contributed by atoms with Crippen LogP contribution in [0, 0.1) is 5.13 Å². The van der Waals surface area contributed by atoms with Gasteiger partial charge < -0.3 is 10.4 Å². The highest BCUT2D eigenvalue weighted by molar-refractivity contribution is 7.10. The van der Waals surface area contributed by atoms with Crippen LogP contribution in [0.5, 0.6) is 0 Å². The Morgan fingerprint density at radius 1 is 1.25 bits per heavy atom. The lowest BCUT2D eigenvalue weighted by Crippen LogP contribution is -2.30. The summed E-state index contributed by atoms with van der Waals surface area (Å²) in [6.07, 6.45) is 0.984. The number of aliphatic hydroxyl groups excluding tert-OH is 1. The molecule has 1 aromatic carbocycles. The first-order chi connectivity index (χ1) is 9.69. The van der Waals surface area contributed by atoms with Gasteiger partial charge in [0.25, 0.3) is 0 Å². The van der Waals surface area contributed by atoms with Crippen molar-refractivity contribution in [2.24, 2.45) is 0 Å². The zero-order valence-corrected chi connectivity index (χ0v) is 11.7. The van der Waals surface area contributed by atoms with Crippen LogP contribution in [0.4, 0.5) is 4.39 Å². The predicted molar refractivity (Wildman–Crippen MR) is 77.0 cm³/mol. The molecule has 1 amide bonds. The fourth-order valence-electron chi connectivity index (χ4n) is 1.89. The Morgan fingerprint density at radius 2 is 2.00 bits per heavy atom. The Labute approximate surface area is 121 Å². The standard InChI is InChI=1S/C15H16FNO2S/c16-14-8-7-13(20-14)12(10-18)17-15(19)9-6-11-4-2-1-3-5-11/h1-5,7-8,12,18H,6,9-10H2,(H,17,19). The van der Waals surface area contributed by atoms with Crippen molar-refractivity contribution in [1.82, 2.24) is 5.32 Å². The minimum Gasteiger partial charge on any atom is -0.394 e.